The number of halogens is 2. The van der Waals surface area contributed by atoms with Crippen LogP contribution in [0.5, 0.6) is 0 Å². The van der Waals surface area contributed by atoms with Crippen molar-refractivity contribution >= 4 is 40.9 Å². The van der Waals surface area contributed by atoms with Crippen molar-refractivity contribution in [3.63, 3.8) is 0 Å². The molecule has 0 aliphatic carbocycles. The monoisotopic (exact) mass is 292 g/mol. The Hall–Kier alpha value is -0.450. The Morgan fingerprint density at radius 1 is 1.59 bits per heavy atom. The molecule has 0 aliphatic heterocycles. The number of carbonyl (C=O) groups excluding carboxylic acids is 1. The smallest absolute Gasteiger partial charge is 0.253 e. The van der Waals surface area contributed by atoms with Crippen LogP contribution in [0, 0.1) is 0 Å². The van der Waals surface area contributed by atoms with E-state index in [4.69, 9.17) is 23.2 Å². The highest BCUT2D eigenvalue weighted by Crippen LogP contribution is 2.18. The maximum Gasteiger partial charge on any atom is 0.253 e. The normalized spacial score (nSPS) is 12.2. The molecule has 1 N–H and O–H groups in total. The number of hydrogen-bond acceptors (Lipinski definition) is 3. The highest BCUT2D eigenvalue weighted by Gasteiger charge is 2.13. The number of hydrogen-bond donors (Lipinski definition) is 1. The van der Waals surface area contributed by atoms with Gasteiger partial charge in [-0.1, -0.05) is 23.2 Å². The summed E-state index contributed by atoms with van der Waals surface area (Å²) in [5.41, 5.74) is 0.364. The van der Waals surface area contributed by atoms with Crippen molar-refractivity contribution in [1.29, 1.82) is 0 Å². The zero-order valence-corrected chi connectivity index (χ0v) is 12.0. The van der Waals surface area contributed by atoms with Gasteiger partial charge >= 0.3 is 0 Å². The SMILES string of the molecule is CSCCC(C)NC(=O)c1cc(Cl)ncc1Cl. The Morgan fingerprint density at radius 2 is 2.29 bits per heavy atom. The minimum atomic E-state index is -0.215. The summed E-state index contributed by atoms with van der Waals surface area (Å²) in [5, 5.41) is 3.45. The Balaban J connectivity index is 2.66. The minimum absolute atomic E-state index is 0.109. The van der Waals surface area contributed by atoms with E-state index in [-0.39, 0.29) is 17.1 Å². The summed E-state index contributed by atoms with van der Waals surface area (Å²) in [6.07, 6.45) is 4.34. The number of carbonyl (C=O) groups is 1. The number of amides is 1. The first kappa shape index (κ1) is 14.6. The Labute approximate surface area is 115 Å². The molecule has 0 aliphatic rings. The van der Waals surface area contributed by atoms with Gasteiger partial charge in [0.05, 0.1) is 10.6 Å². The van der Waals surface area contributed by atoms with Crippen LogP contribution in [0.25, 0.3) is 0 Å². The number of rotatable bonds is 5. The molecular formula is C11H14Cl2N2OS. The molecule has 0 aromatic carbocycles. The van der Waals surface area contributed by atoms with E-state index >= 15 is 0 Å². The van der Waals surface area contributed by atoms with Gasteiger partial charge < -0.3 is 5.32 Å². The van der Waals surface area contributed by atoms with E-state index in [9.17, 15) is 4.79 Å². The van der Waals surface area contributed by atoms with Crippen molar-refractivity contribution in [1.82, 2.24) is 10.3 Å². The number of aromatic nitrogens is 1. The molecule has 1 aromatic heterocycles. The summed E-state index contributed by atoms with van der Waals surface area (Å²) in [6, 6.07) is 1.58. The molecule has 0 fully saturated rings. The van der Waals surface area contributed by atoms with Crippen molar-refractivity contribution in [2.45, 2.75) is 19.4 Å². The maximum absolute atomic E-state index is 11.9. The number of nitrogens with zero attached hydrogens (tertiary/aromatic N) is 1. The maximum atomic E-state index is 11.9. The van der Waals surface area contributed by atoms with Crippen molar-refractivity contribution in [3.05, 3.63) is 28.0 Å². The lowest BCUT2D eigenvalue weighted by molar-refractivity contribution is 0.0939. The van der Waals surface area contributed by atoms with E-state index in [1.807, 2.05) is 13.2 Å². The summed E-state index contributed by atoms with van der Waals surface area (Å²) in [4.78, 5) is 15.7. The van der Waals surface area contributed by atoms with Crippen molar-refractivity contribution in [2.75, 3.05) is 12.0 Å². The summed E-state index contributed by atoms with van der Waals surface area (Å²) in [6.45, 7) is 1.96. The van der Waals surface area contributed by atoms with E-state index < -0.39 is 0 Å². The van der Waals surface area contributed by atoms with Crippen LogP contribution in [-0.2, 0) is 0 Å². The highest BCUT2D eigenvalue weighted by atomic mass is 35.5. The fourth-order valence-electron chi connectivity index (χ4n) is 1.26. The fourth-order valence-corrected chi connectivity index (χ4v) is 2.19. The second kappa shape index (κ2) is 7.09. The first-order valence-electron chi connectivity index (χ1n) is 5.15. The van der Waals surface area contributed by atoms with Crippen LogP contribution >= 0.6 is 35.0 Å². The number of nitrogens with one attached hydrogen (secondary N) is 1. The molecule has 1 unspecified atom stereocenters. The van der Waals surface area contributed by atoms with Gasteiger partial charge in [0, 0.05) is 12.2 Å². The molecule has 0 saturated carbocycles. The Bertz CT molecular complexity index is 401. The third-order valence-corrected chi connectivity index (χ3v) is 3.35. The lowest BCUT2D eigenvalue weighted by Crippen LogP contribution is -2.33. The van der Waals surface area contributed by atoms with Crippen molar-refractivity contribution in [3.8, 4) is 0 Å². The van der Waals surface area contributed by atoms with Crippen molar-refractivity contribution in [2.24, 2.45) is 0 Å². The number of pyridine rings is 1. The van der Waals surface area contributed by atoms with E-state index in [2.05, 4.69) is 10.3 Å². The molecule has 0 saturated heterocycles. The molecule has 1 aromatic rings. The molecule has 1 atom stereocenters. The van der Waals surface area contributed by atoms with Crippen molar-refractivity contribution < 1.29 is 4.79 Å². The molecule has 6 heteroatoms. The first-order chi connectivity index (χ1) is 8.04. The lowest BCUT2D eigenvalue weighted by atomic mass is 10.2. The van der Waals surface area contributed by atoms with Crippen LogP contribution in [0.3, 0.4) is 0 Å². The highest BCUT2D eigenvalue weighted by molar-refractivity contribution is 7.98. The molecular weight excluding hydrogens is 279 g/mol. The van der Waals surface area contributed by atoms with Gasteiger partial charge in [-0.3, -0.25) is 4.79 Å². The number of thioether (sulfide) groups is 1. The fraction of sp³-hybridized carbons (Fsp3) is 0.455. The lowest BCUT2D eigenvalue weighted by Gasteiger charge is -2.13. The van der Waals surface area contributed by atoms with Gasteiger partial charge in [-0.05, 0) is 31.4 Å². The summed E-state index contributed by atoms with van der Waals surface area (Å²) in [5.74, 6) is 0.791. The average Bonchev–Trinajstić information content (AvgIpc) is 2.29. The van der Waals surface area contributed by atoms with Gasteiger partial charge in [-0.15, -0.1) is 0 Å². The summed E-state index contributed by atoms with van der Waals surface area (Å²) in [7, 11) is 0. The topological polar surface area (TPSA) is 42.0 Å². The second-order valence-electron chi connectivity index (χ2n) is 3.64. The zero-order chi connectivity index (χ0) is 12.8. The molecule has 0 radical (unpaired) electrons. The molecule has 0 spiro atoms. The van der Waals surface area contributed by atoms with Gasteiger partial charge in [-0.25, -0.2) is 4.98 Å². The predicted molar refractivity (Wildman–Crippen MR) is 74.2 cm³/mol. The van der Waals surface area contributed by atoms with Gasteiger partial charge in [0.25, 0.3) is 5.91 Å². The molecule has 17 heavy (non-hydrogen) atoms. The van der Waals surface area contributed by atoms with Crippen LogP contribution in [-0.4, -0.2) is 28.9 Å². The standard InChI is InChI=1S/C11H14Cl2N2OS/c1-7(3-4-17-2)15-11(16)8-5-10(13)14-6-9(8)12/h5-7H,3-4H2,1-2H3,(H,15,16). The molecule has 94 valence electrons. The van der Waals surface area contributed by atoms with Gasteiger partial charge in [0.1, 0.15) is 5.15 Å². The van der Waals surface area contributed by atoms with E-state index in [1.54, 1.807) is 11.8 Å². The largest absolute Gasteiger partial charge is 0.350 e. The third kappa shape index (κ3) is 4.74. The Morgan fingerprint density at radius 3 is 2.94 bits per heavy atom. The van der Waals surface area contributed by atoms with Crippen LogP contribution in [0.15, 0.2) is 12.3 Å². The second-order valence-corrected chi connectivity index (χ2v) is 5.42. The third-order valence-electron chi connectivity index (χ3n) is 2.20. The predicted octanol–water partition coefficient (Wildman–Crippen LogP) is 3.26. The van der Waals surface area contributed by atoms with Crippen LogP contribution in [0.2, 0.25) is 10.2 Å². The Kier molecular flexibility index (Phi) is 6.09. The average molecular weight is 293 g/mol. The van der Waals surface area contributed by atoms with E-state index in [0.29, 0.717) is 10.6 Å². The quantitative estimate of drug-likeness (QED) is 0.847. The summed E-state index contributed by atoms with van der Waals surface area (Å²) >= 11 is 13.4. The first-order valence-corrected chi connectivity index (χ1v) is 7.30. The van der Waals surface area contributed by atoms with Crippen LogP contribution in [0.4, 0.5) is 0 Å². The van der Waals surface area contributed by atoms with Gasteiger partial charge in [0.15, 0.2) is 0 Å². The van der Waals surface area contributed by atoms with Crippen LogP contribution in [0.1, 0.15) is 23.7 Å². The molecule has 3 nitrogen and oxygen atoms in total. The van der Waals surface area contributed by atoms with Gasteiger partial charge in [-0.2, -0.15) is 11.8 Å². The molecule has 1 heterocycles. The van der Waals surface area contributed by atoms with E-state index in [1.165, 1.54) is 12.3 Å². The van der Waals surface area contributed by atoms with Gasteiger partial charge in [0.2, 0.25) is 0 Å². The molecule has 0 bridgehead atoms. The zero-order valence-electron chi connectivity index (χ0n) is 9.67. The minimum Gasteiger partial charge on any atom is -0.350 e. The van der Waals surface area contributed by atoms with Crippen LogP contribution < -0.4 is 5.32 Å². The summed E-state index contributed by atoms with van der Waals surface area (Å²) < 4.78 is 0. The van der Waals surface area contributed by atoms with E-state index in [0.717, 1.165) is 12.2 Å². The molecule has 1 rings (SSSR count). The molecule has 1 amide bonds.